The van der Waals surface area contributed by atoms with Crippen molar-refractivity contribution < 1.29 is 52.2 Å². The van der Waals surface area contributed by atoms with Crippen molar-refractivity contribution in [3.63, 3.8) is 0 Å². The van der Waals surface area contributed by atoms with E-state index in [9.17, 15) is 23.8 Å². The summed E-state index contributed by atoms with van der Waals surface area (Å²) in [6.45, 7) is 2.61. The van der Waals surface area contributed by atoms with E-state index in [0.717, 1.165) is 57.8 Å². The first-order chi connectivity index (χ1) is 27.6. The average molecular weight is 822 g/mol. The number of carbonyl (C=O) groups excluding carboxylic acids is 2. The third-order valence-electron chi connectivity index (χ3n) is 8.83. The summed E-state index contributed by atoms with van der Waals surface area (Å²) in [5.74, 6) is -2.52. The van der Waals surface area contributed by atoms with E-state index in [1.165, 1.54) is 38.5 Å². The highest BCUT2D eigenvalue weighted by Crippen LogP contribution is 2.43. The van der Waals surface area contributed by atoms with Crippen LogP contribution in [0.5, 0.6) is 0 Å². The molecule has 0 saturated carbocycles. The highest BCUT2D eigenvalue weighted by atomic mass is 31.2. The number of allylic oxidation sites excluding steroid dienone is 10. The minimum absolute atomic E-state index is 0.0940. The van der Waals surface area contributed by atoms with Crippen molar-refractivity contribution in [3.8, 4) is 0 Å². The molecule has 1 saturated heterocycles. The molecule has 0 aromatic heterocycles. The lowest BCUT2D eigenvalue weighted by molar-refractivity contribution is -0.161. The maximum absolute atomic E-state index is 12.6. The van der Waals surface area contributed by atoms with Gasteiger partial charge in [0.25, 0.3) is 0 Å². The number of aliphatic carboxylic acids is 1. The van der Waals surface area contributed by atoms with Gasteiger partial charge in [-0.3, -0.25) is 23.4 Å². The molecule has 0 spiro atoms. The molecule has 1 fully saturated rings. The van der Waals surface area contributed by atoms with Crippen molar-refractivity contribution >= 4 is 25.7 Å². The number of rotatable bonds is 37. The number of esters is 2. The SMILES string of the molecule is CCCCC/C=C\C/C=C\C/C=C\CCCCC(=O)O[C@H](COC(=O)CCC/C=C\C/C=C\CC1OC1C/C=C\CCCCC)COP(=O)(O)OC[C@H](N)C(=O)O. The monoisotopic (exact) mass is 821 g/mol. The van der Waals surface area contributed by atoms with Crippen molar-refractivity contribution in [1.29, 1.82) is 0 Å². The van der Waals surface area contributed by atoms with Gasteiger partial charge in [-0.15, -0.1) is 0 Å². The molecule has 57 heavy (non-hydrogen) atoms. The summed E-state index contributed by atoms with van der Waals surface area (Å²) in [6.07, 6.45) is 42.9. The molecule has 12 nitrogen and oxygen atoms in total. The largest absolute Gasteiger partial charge is 0.480 e. The minimum Gasteiger partial charge on any atom is -0.480 e. The first kappa shape index (κ1) is 51.9. The summed E-state index contributed by atoms with van der Waals surface area (Å²) < 4.78 is 38.3. The number of carbonyl (C=O) groups is 3. The van der Waals surface area contributed by atoms with Crippen LogP contribution in [0.3, 0.4) is 0 Å². The summed E-state index contributed by atoms with van der Waals surface area (Å²) >= 11 is 0. The number of hydrogen-bond donors (Lipinski definition) is 3. The molecule has 0 amide bonds. The number of carboxylic acids is 1. The Morgan fingerprint density at radius 3 is 1.65 bits per heavy atom. The quantitative estimate of drug-likeness (QED) is 0.0177. The summed E-state index contributed by atoms with van der Waals surface area (Å²) in [7, 11) is -4.75. The van der Waals surface area contributed by atoms with Crippen LogP contribution in [0.4, 0.5) is 0 Å². The Morgan fingerprint density at radius 1 is 0.632 bits per heavy atom. The molecule has 1 aliphatic rings. The molecule has 3 unspecified atom stereocenters. The molecule has 1 heterocycles. The van der Waals surface area contributed by atoms with E-state index in [1.807, 2.05) is 12.2 Å². The van der Waals surface area contributed by atoms with Gasteiger partial charge in [0.2, 0.25) is 0 Å². The van der Waals surface area contributed by atoms with Crippen LogP contribution in [-0.4, -0.2) is 72.1 Å². The lowest BCUT2D eigenvalue weighted by Crippen LogP contribution is -2.34. The fourth-order valence-corrected chi connectivity index (χ4v) is 6.12. The molecule has 0 aromatic carbocycles. The van der Waals surface area contributed by atoms with Gasteiger partial charge in [0.05, 0.1) is 25.4 Å². The van der Waals surface area contributed by atoms with Gasteiger partial charge >= 0.3 is 25.7 Å². The molecule has 324 valence electrons. The van der Waals surface area contributed by atoms with Gasteiger partial charge in [-0.1, -0.05) is 112 Å². The predicted molar refractivity (Wildman–Crippen MR) is 225 cm³/mol. The molecular weight excluding hydrogens is 749 g/mol. The number of unbranched alkanes of at least 4 members (excludes halogenated alkanes) is 9. The molecule has 0 bridgehead atoms. The molecule has 0 aliphatic carbocycles. The van der Waals surface area contributed by atoms with Crippen LogP contribution in [0.15, 0.2) is 72.9 Å². The zero-order valence-corrected chi connectivity index (χ0v) is 35.5. The molecule has 0 radical (unpaired) electrons. The molecule has 4 N–H and O–H groups in total. The van der Waals surface area contributed by atoms with E-state index in [2.05, 4.69) is 79.1 Å². The van der Waals surface area contributed by atoms with E-state index in [-0.39, 0.29) is 12.8 Å². The average Bonchev–Trinajstić information content (AvgIpc) is 3.94. The van der Waals surface area contributed by atoms with Gasteiger partial charge in [-0.05, 0) is 89.9 Å². The highest BCUT2D eigenvalue weighted by molar-refractivity contribution is 7.47. The summed E-state index contributed by atoms with van der Waals surface area (Å²) in [5, 5.41) is 8.88. The van der Waals surface area contributed by atoms with Gasteiger partial charge in [-0.25, -0.2) is 4.57 Å². The minimum atomic E-state index is -4.75. The van der Waals surface area contributed by atoms with Crippen molar-refractivity contribution in [2.45, 2.75) is 167 Å². The summed E-state index contributed by atoms with van der Waals surface area (Å²) in [5.41, 5.74) is 5.32. The van der Waals surface area contributed by atoms with Crippen LogP contribution >= 0.6 is 7.82 Å². The van der Waals surface area contributed by atoms with Crippen LogP contribution in [-0.2, 0) is 42.2 Å². The van der Waals surface area contributed by atoms with E-state index in [1.54, 1.807) is 0 Å². The van der Waals surface area contributed by atoms with Crippen LogP contribution in [0, 0.1) is 0 Å². The Labute approximate surface area is 342 Å². The number of carboxylic acid groups (broad SMARTS) is 1. The molecule has 13 heteroatoms. The fraction of sp³-hybridized carbons (Fsp3) is 0.659. The van der Waals surface area contributed by atoms with Crippen molar-refractivity contribution in [2.24, 2.45) is 5.73 Å². The maximum Gasteiger partial charge on any atom is 0.472 e. The van der Waals surface area contributed by atoms with Crippen molar-refractivity contribution in [2.75, 3.05) is 19.8 Å². The lowest BCUT2D eigenvalue weighted by Gasteiger charge is -2.20. The fourth-order valence-electron chi connectivity index (χ4n) is 5.34. The maximum atomic E-state index is 12.6. The third-order valence-corrected chi connectivity index (χ3v) is 9.78. The van der Waals surface area contributed by atoms with Crippen molar-refractivity contribution in [1.82, 2.24) is 0 Å². The topological polar surface area (TPSA) is 184 Å². The number of phosphoric ester groups is 1. The zero-order chi connectivity index (χ0) is 41.8. The smallest absolute Gasteiger partial charge is 0.472 e. The first-order valence-corrected chi connectivity index (χ1v) is 22.6. The molecule has 0 aromatic rings. The second kappa shape index (κ2) is 34.9. The standard InChI is InChI=1S/C44H72NO11P/c1-3-5-7-9-11-12-13-14-15-16-17-18-21-26-30-34-43(47)55-38(36-53-57(50,51)54-37-39(45)44(48)49)35-52-42(46)33-29-25-22-19-20-24-28-32-41-40(56-41)31-27-23-10-8-6-4-2/h11-12,14-15,17-19,22-24,27-28,38-41H,3-10,13,16,20-21,25-26,29-37,45H2,1-2H3,(H,48,49)(H,50,51)/b12-11-,15-14-,18-17-,22-19-,27-23-,28-24-/t38-,39+,40?,41?/m1/s1. The van der Waals surface area contributed by atoms with E-state index < -0.39 is 57.7 Å². The summed E-state index contributed by atoms with van der Waals surface area (Å²) in [4.78, 5) is 45.9. The summed E-state index contributed by atoms with van der Waals surface area (Å²) in [6, 6.07) is -1.54. The Balaban J connectivity index is 2.37. The van der Waals surface area contributed by atoms with Crippen LogP contribution in [0.2, 0.25) is 0 Å². The molecule has 5 atom stereocenters. The Kier molecular flexibility index (Phi) is 31.8. The highest BCUT2D eigenvalue weighted by Gasteiger charge is 2.36. The van der Waals surface area contributed by atoms with E-state index >= 15 is 0 Å². The number of ether oxygens (including phenoxy) is 3. The third kappa shape index (κ3) is 32.5. The predicted octanol–water partition coefficient (Wildman–Crippen LogP) is 9.93. The molecule has 1 aliphatic heterocycles. The van der Waals surface area contributed by atoms with E-state index in [4.69, 9.17) is 29.6 Å². The zero-order valence-electron chi connectivity index (χ0n) is 34.6. The lowest BCUT2D eigenvalue weighted by atomic mass is 10.1. The Bertz CT molecular complexity index is 1310. The molecule has 1 rings (SSSR count). The second-order valence-electron chi connectivity index (χ2n) is 14.1. The van der Waals surface area contributed by atoms with Gasteiger partial charge in [-0.2, -0.15) is 0 Å². The normalized spacial score (nSPS) is 18.0. The number of hydrogen-bond acceptors (Lipinski definition) is 10. The van der Waals surface area contributed by atoms with Crippen LogP contribution in [0.1, 0.15) is 142 Å². The molecular formula is C44H72NO11P. The number of phosphoric acid groups is 1. The van der Waals surface area contributed by atoms with Crippen LogP contribution < -0.4 is 5.73 Å². The van der Waals surface area contributed by atoms with Crippen LogP contribution in [0.25, 0.3) is 0 Å². The Morgan fingerprint density at radius 2 is 1.09 bits per heavy atom. The van der Waals surface area contributed by atoms with Gasteiger partial charge in [0.1, 0.15) is 12.6 Å². The second-order valence-corrected chi connectivity index (χ2v) is 15.6. The van der Waals surface area contributed by atoms with Gasteiger partial charge in [0, 0.05) is 12.8 Å². The number of epoxide rings is 1. The number of nitrogens with two attached hydrogens (primary N) is 1. The van der Waals surface area contributed by atoms with Gasteiger partial charge < -0.3 is 29.9 Å². The van der Waals surface area contributed by atoms with Crippen molar-refractivity contribution in [3.05, 3.63) is 72.9 Å². The Hall–Kier alpha value is -3.12. The van der Waals surface area contributed by atoms with Gasteiger partial charge in [0.15, 0.2) is 6.10 Å². The first-order valence-electron chi connectivity index (χ1n) is 21.1. The van der Waals surface area contributed by atoms with E-state index in [0.29, 0.717) is 31.5 Å².